The van der Waals surface area contributed by atoms with Crippen molar-refractivity contribution < 1.29 is 5.11 Å². The maximum Gasteiger partial charge on any atom is 0.257 e. The highest BCUT2D eigenvalue weighted by molar-refractivity contribution is 5.64. The normalized spacial score (nSPS) is 12.3. The van der Waals surface area contributed by atoms with Gasteiger partial charge in [-0.25, -0.2) is 4.98 Å². The molecule has 0 aromatic carbocycles. The van der Waals surface area contributed by atoms with Crippen LogP contribution >= 0.6 is 0 Å². The Bertz CT molecular complexity index is 850. The second-order valence-corrected chi connectivity index (χ2v) is 4.84. The number of rotatable bonds is 1. The fraction of sp³-hybridized carbons (Fsp3) is 0.200. The van der Waals surface area contributed by atoms with Crippen molar-refractivity contribution in [1.82, 2.24) is 9.55 Å². The first-order valence-corrected chi connectivity index (χ1v) is 6.05. The van der Waals surface area contributed by atoms with Gasteiger partial charge in [0.25, 0.3) is 5.56 Å². The second-order valence-electron chi connectivity index (χ2n) is 4.84. The standard InChI is InChI=1S/C15H14N2O2/c1-8-4-11-6-17-13(14(11)16-10(8)3)5-9(2)12(7-18)15(17)19/h4-5,18H,1,3,6-7H2,2H3. The fourth-order valence-electron chi connectivity index (χ4n) is 2.51. The Morgan fingerprint density at radius 1 is 1.42 bits per heavy atom. The molecule has 0 saturated carbocycles. The number of hydrogen-bond donors (Lipinski definition) is 1. The minimum Gasteiger partial charge on any atom is -0.391 e. The van der Waals surface area contributed by atoms with Gasteiger partial charge in [0, 0.05) is 11.1 Å². The number of aliphatic hydroxyl groups is 1. The van der Waals surface area contributed by atoms with E-state index in [1.54, 1.807) is 4.57 Å². The van der Waals surface area contributed by atoms with E-state index in [-0.39, 0.29) is 12.2 Å². The van der Waals surface area contributed by atoms with E-state index >= 15 is 0 Å². The summed E-state index contributed by atoms with van der Waals surface area (Å²) in [5.74, 6) is 0. The first-order valence-electron chi connectivity index (χ1n) is 6.05. The number of aromatic nitrogens is 2. The number of aliphatic hydroxyl groups excluding tert-OH is 1. The third kappa shape index (κ3) is 1.57. The molecule has 4 nitrogen and oxygen atoms in total. The van der Waals surface area contributed by atoms with Gasteiger partial charge in [-0.3, -0.25) is 4.79 Å². The molecule has 0 saturated heterocycles. The predicted octanol–water partition coefficient (Wildman–Crippen LogP) is -0.107. The van der Waals surface area contributed by atoms with Crippen molar-refractivity contribution in [2.75, 3.05) is 0 Å². The molecular weight excluding hydrogens is 240 g/mol. The largest absolute Gasteiger partial charge is 0.391 e. The van der Waals surface area contributed by atoms with Crippen molar-refractivity contribution in [3.05, 3.63) is 49.7 Å². The smallest absolute Gasteiger partial charge is 0.257 e. The Kier molecular flexibility index (Phi) is 2.43. The van der Waals surface area contributed by atoms with E-state index in [2.05, 4.69) is 18.1 Å². The van der Waals surface area contributed by atoms with Crippen LogP contribution in [0.1, 0.15) is 16.7 Å². The van der Waals surface area contributed by atoms with Crippen molar-refractivity contribution in [3.8, 4) is 11.4 Å². The van der Waals surface area contributed by atoms with Gasteiger partial charge in [0.05, 0.1) is 29.9 Å². The minimum absolute atomic E-state index is 0.147. The molecule has 1 aliphatic rings. The summed E-state index contributed by atoms with van der Waals surface area (Å²) in [6.45, 7) is 9.79. The minimum atomic E-state index is -0.240. The van der Waals surface area contributed by atoms with Gasteiger partial charge in [0.15, 0.2) is 0 Å². The predicted molar refractivity (Wildman–Crippen MR) is 74.0 cm³/mol. The van der Waals surface area contributed by atoms with Gasteiger partial charge in [-0.15, -0.1) is 0 Å². The molecule has 1 N–H and O–H groups in total. The third-order valence-corrected chi connectivity index (χ3v) is 3.62. The van der Waals surface area contributed by atoms with E-state index in [1.165, 1.54) is 0 Å². The molecule has 3 rings (SSSR count). The lowest BCUT2D eigenvalue weighted by Crippen LogP contribution is -2.25. The maximum atomic E-state index is 12.3. The second kappa shape index (κ2) is 3.90. The first-order chi connectivity index (χ1) is 9.02. The highest BCUT2D eigenvalue weighted by Gasteiger charge is 2.23. The Balaban J connectivity index is 2.38. The molecule has 2 aromatic rings. The summed E-state index contributed by atoms with van der Waals surface area (Å²) in [6.07, 6.45) is 0. The lowest BCUT2D eigenvalue weighted by Gasteiger charge is -2.08. The third-order valence-electron chi connectivity index (χ3n) is 3.62. The van der Waals surface area contributed by atoms with E-state index in [4.69, 9.17) is 0 Å². The molecule has 4 heteroatoms. The number of pyridine rings is 2. The zero-order chi connectivity index (χ0) is 13.7. The van der Waals surface area contributed by atoms with Gasteiger partial charge in [-0.05, 0) is 29.8 Å². The number of nitrogens with zero attached hydrogens (tertiary/aromatic N) is 2. The Hall–Kier alpha value is -2.20. The maximum absolute atomic E-state index is 12.3. The van der Waals surface area contributed by atoms with Crippen LogP contribution < -0.4 is 16.1 Å². The van der Waals surface area contributed by atoms with Crippen LogP contribution in [-0.4, -0.2) is 14.7 Å². The SMILES string of the molecule is C=c1cc2c(nc1=C)-c1cc(C)c(CO)c(=O)n1C2. The Morgan fingerprint density at radius 2 is 2.16 bits per heavy atom. The van der Waals surface area contributed by atoms with Crippen LogP contribution in [0.4, 0.5) is 0 Å². The number of aryl methyl sites for hydroxylation is 1. The van der Waals surface area contributed by atoms with E-state index in [0.717, 1.165) is 27.7 Å². The topological polar surface area (TPSA) is 55.1 Å². The molecule has 0 amide bonds. The molecule has 1 aliphatic heterocycles. The molecule has 19 heavy (non-hydrogen) atoms. The van der Waals surface area contributed by atoms with Crippen molar-refractivity contribution >= 4 is 13.2 Å². The van der Waals surface area contributed by atoms with Crippen molar-refractivity contribution in [3.63, 3.8) is 0 Å². The molecular formula is C15H14N2O2. The summed E-state index contributed by atoms with van der Waals surface area (Å²) in [7, 11) is 0. The quantitative estimate of drug-likeness (QED) is 0.659. The molecule has 0 spiro atoms. The molecule has 2 aromatic heterocycles. The molecule has 3 heterocycles. The molecule has 0 bridgehead atoms. The van der Waals surface area contributed by atoms with E-state index < -0.39 is 0 Å². The number of fused-ring (bicyclic) bond motifs is 3. The van der Waals surface area contributed by atoms with Crippen LogP contribution in [0.25, 0.3) is 24.5 Å². The summed E-state index contributed by atoms with van der Waals surface area (Å²) in [5.41, 5.74) is 3.65. The van der Waals surface area contributed by atoms with Crippen LogP contribution in [0.15, 0.2) is 16.9 Å². The van der Waals surface area contributed by atoms with Gasteiger partial charge in [0.1, 0.15) is 0 Å². The van der Waals surface area contributed by atoms with Crippen molar-refractivity contribution in [1.29, 1.82) is 0 Å². The molecule has 0 unspecified atom stereocenters. The van der Waals surface area contributed by atoms with E-state index in [9.17, 15) is 9.90 Å². The lowest BCUT2D eigenvalue weighted by molar-refractivity contribution is 0.278. The van der Waals surface area contributed by atoms with Gasteiger partial charge < -0.3 is 9.67 Å². The van der Waals surface area contributed by atoms with Gasteiger partial charge in [0.2, 0.25) is 0 Å². The lowest BCUT2D eigenvalue weighted by atomic mass is 10.1. The zero-order valence-electron chi connectivity index (χ0n) is 10.7. The Labute approximate surface area is 110 Å². The van der Waals surface area contributed by atoms with Crippen LogP contribution in [-0.2, 0) is 13.2 Å². The first kappa shape index (κ1) is 11.9. The molecule has 0 radical (unpaired) electrons. The van der Waals surface area contributed by atoms with E-state index in [1.807, 2.05) is 19.1 Å². The average Bonchev–Trinajstić information content (AvgIpc) is 2.69. The molecule has 0 fully saturated rings. The molecule has 0 atom stereocenters. The summed E-state index contributed by atoms with van der Waals surface area (Å²) in [6, 6.07) is 3.82. The highest BCUT2D eigenvalue weighted by Crippen LogP contribution is 2.27. The van der Waals surface area contributed by atoms with Gasteiger partial charge in [-0.2, -0.15) is 0 Å². The van der Waals surface area contributed by atoms with Gasteiger partial charge >= 0.3 is 0 Å². The summed E-state index contributed by atoms with van der Waals surface area (Å²) in [4.78, 5) is 16.7. The van der Waals surface area contributed by atoms with Crippen molar-refractivity contribution in [2.24, 2.45) is 0 Å². The van der Waals surface area contributed by atoms with Crippen LogP contribution in [0, 0.1) is 6.92 Å². The molecule has 0 aliphatic carbocycles. The van der Waals surface area contributed by atoms with E-state index in [0.29, 0.717) is 17.5 Å². The summed E-state index contributed by atoms with van der Waals surface area (Å²) >= 11 is 0. The summed E-state index contributed by atoms with van der Waals surface area (Å²) in [5, 5.41) is 10.7. The van der Waals surface area contributed by atoms with Crippen LogP contribution in [0.2, 0.25) is 0 Å². The fourth-order valence-corrected chi connectivity index (χ4v) is 2.51. The van der Waals surface area contributed by atoms with Crippen LogP contribution in [0.5, 0.6) is 0 Å². The summed E-state index contributed by atoms with van der Waals surface area (Å²) < 4.78 is 1.65. The van der Waals surface area contributed by atoms with Crippen molar-refractivity contribution in [2.45, 2.75) is 20.1 Å². The Morgan fingerprint density at radius 3 is 2.84 bits per heavy atom. The zero-order valence-corrected chi connectivity index (χ0v) is 10.7. The average molecular weight is 254 g/mol. The monoisotopic (exact) mass is 254 g/mol. The highest BCUT2D eigenvalue weighted by atomic mass is 16.3. The number of hydrogen-bond acceptors (Lipinski definition) is 3. The van der Waals surface area contributed by atoms with Crippen LogP contribution in [0.3, 0.4) is 0 Å². The van der Waals surface area contributed by atoms with Gasteiger partial charge in [-0.1, -0.05) is 13.2 Å². The molecule has 96 valence electrons.